The van der Waals surface area contributed by atoms with Crippen molar-refractivity contribution in [1.82, 2.24) is 0 Å². The van der Waals surface area contributed by atoms with E-state index in [1.54, 1.807) is 20.8 Å². The first-order valence-electron chi connectivity index (χ1n) is 4.15. The molecule has 3 nitrogen and oxygen atoms in total. The molecule has 0 radical (unpaired) electrons. The third-order valence-electron chi connectivity index (χ3n) is 1.52. The Balaban J connectivity index is 4.60. The van der Waals surface area contributed by atoms with Crippen LogP contribution in [0.4, 0.5) is 9.18 Å². The number of primary amides is 1. The van der Waals surface area contributed by atoms with Gasteiger partial charge in [-0.3, -0.25) is 0 Å². The van der Waals surface area contributed by atoms with E-state index in [-0.39, 0.29) is 12.4 Å². The smallest absolute Gasteiger partial charge is 0.404 e. The summed E-state index contributed by atoms with van der Waals surface area (Å²) >= 11 is 3.13. The van der Waals surface area contributed by atoms with Crippen LogP contribution in [0.5, 0.6) is 0 Å². The van der Waals surface area contributed by atoms with Crippen LogP contribution < -0.4 is 5.73 Å². The lowest BCUT2D eigenvalue weighted by Crippen LogP contribution is -2.18. The molecule has 0 aromatic heterocycles. The molecule has 0 fully saturated rings. The molecule has 0 spiro atoms. The molecule has 0 aromatic carbocycles. The van der Waals surface area contributed by atoms with Crippen LogP contribution in [0.15, 0.2) is 11.4 Å². The maximum Gasteiger partial charge on any atom is 0.404 e. The molecule has 82 valence electrons. The molecule has 0 aliphatic heterocycles. The summed E-state index contributed by atoms with van der Waals surface area (Å²) in [5.74, 6) is -0.282. The summed E-state index contributed by atoms with van der Waals surface area (Å²) in [6, 6.07) is 0. The molecule has 0 saturated carbocycles. The number of amides is 1. The molecule has 1 amide bonds. The van der Waals surface area contributed by atoms with E-state index in [1.165, 1.54) is 0 Å². The zero-order valence-electron chi connectivity index (χ0n) is 8.56. The molecular formula is C9H15BrFNO2. The van der Waals surface area contributed by atoms with Gasteiger partial charge in [0.1, 0.15) is 12.4 Å². The lowest BCUT2D eigenvalue weighted by Gasteiger charge is -2.19. The highest BCUT2D eigenvalue weighted by atomic mass is 79.9. The predicted octanol–water partition coefficient (Wildman–Crippen LogP) is 2.75. The first-order valence-corrected chi connectivity index (χ1v) is 5.27. The summed E-state index contributed by atoms with van der Waals surface area (Å²) < 4.78 is 18.2. The van der Waals surface area contributed by atoms with Gasteiger partial charge in [-0.15, -0.1) is 0 Å². The van der Waals surface area contributed by atoms with Crippen molar-refractivity contribution in [2.75, 3.05) is 11.9 Å². The molecule has 0 bridgehead atoms. The van der Waals surface area contributed by atoms with Crippen LogP contribution in [-0.2, 0) is 4.74 Å². The van der Waals surface area contributed by atoms with E-state index >= 15 is 0 Å². The van der Waals surface area contributed by atoms with E-state index in [4.69, 9.17) is 5.73 Å². The van der Waals surface area contributed by atoms with Crippen LogP contribution >= 0.6 is 15.9 Å². The third-order valence-corrected chi connectivity index (χ3v) is 2.20. The number of ether oxygens (including phenoxy) is 1. The summed E-state index contributed by atoms with van der Waals surface area (Å²) in [7, 11) is 0. The minimum atomic E-state index is -0.898. The van der Waals surface area contributed by atoms with Crippen molar-refractivity contribution >= 4 is 22.0 Å². The highest BCUT2D eigenvalue weighted by Gasteiger charge is 2.21. The van der Waals surface area contributed by atoms with E-state index in [0.717, 1.165) is 0 Å². The zero-order valence-corrected chi connectivity index (χ0v) is 10.1. The van der Waals surface area contributed by atoms with E-state index in [0.29, 0.717) is 10.9 Å². The molecule has 0 saturated heterocycles. The first kappa shape index (κ1) is 13.4. The largest absolute Gasteiger partial charge is 0.445 e. The number of allylic oxidation sites excluding steroid dienone is 1. The van der Waals surface area contributed by atoms with Crippen molar-refractivity contribution in [2.45, 2.75) is 20.8 Å². The van der Waals surface area contributed by atoms with Crippen molar-refractivity contribution in [1.29, 1.82) is 0 Å². The van der Waals surface area contributed by atoms with Gasteiger partial charge in [0, 0.05) is 16.3 Å². The predicted molar refractivity (Wildman–Crippen MR) is 56.9 cm³/mol. The average molecular weight is 268 g/mol. The third kappa shape index (κ3) is 4.60. The number of carbonyl (C=O) groups is 1. The molecule has 5 heteroatoms. The Bertz CT molecular complexity index is 246. The number of carbonyl (C=O) groups excluding carboxylic acids is 1. The minimum Gasteiger partial charge on any atom is -0.445 e. The fraction of sp³-hybridized carbons (Fsp3) is 0.667. The second kappa shape index (κ2) is 5.34. The molecular weight excluding hydrogens is 253 g/mol. The summed E-state index contributed by atoms with van der Waals surface area (Å²) in [4.78, 5) is 10.3. The van der Waals surface area contributed by atoms with Crippen LogP contribution in [0, 0.1) is 5.41 Å². The standard InChI is InChI=1S/C9H15BrFNO2/c1-9(2,3)7(11)6(4-10)5-14-8(12)13/h4-5H2,1-3H3,(H2,12,13). The van der Waals surface area contributed by atoms with Gasteiger partial charge in [-0.1, -0.05) is 36.7 Å². The SMILES string of the molecule is CC(C)(C)C(F)=C(CBr)COC(N)=O. The Kier molecular flexibility index (Phi) is 5.12. The first-order chi connectivity index (χ1) is 6.29. The van der Waals surface area contributed by atoms with E-state index in [2.05, 4.69) is 20.7 Å². The Morgan fingerprint density at radius 1 is 1.50 bits per heavy atom. The van der Waals surface area contributed by atoms with Gasteiger partial charge in [-0.2, -0.15) is 0 Å². The number of hydrogen-bond acceptors (Lipinski definition) is 2. The summed E-state index contributed by atoms with van der Waals surface area (Å²) in [6.07, 6.45) is -0.898. The van der Waals surface area contributed by atoms with Crippen molar-refractivity contribution in [3.8, 4) is 0 Å². The molecule has 0 aliphatic rings. The van der Waals surface area contributed by atoms with Crippen LogP contribution in [0.2, 0.25) is 0 Å². The van der Waals surface area contributed by atoms with E-state index in [1.807, 2.05) is 0 Å². The van der Waals surface area contributed by atoms with Crippen LogP contribution in [0.1, 0.15) is 20.8 Å². The highest BCUT2D eigenvalue weighted by Crippen LogP contribution is 2.29. The Morgan fingerprint density at radius 2 is 2.00 bits per heavy atom. The second-order valence-corrected chi connectivity index (χ2v) is 4.47. The highest BCUT2D eigenvalue weighted by molar-refractivity contribution is 9.09. The summed E-state index contributed by atoms with van der Waals surface area (Å²) in [6.45, 7) is 5.13. The topological polar surface area (TPSA) is 52.3 Å². The second-order valence-electron chi connectivity index (χ2n) is 3.91. The van der Waals surface area contributed by atoms with Gasteiger partial charge in [0.05, 0.1) is 0 Å². The van der Waals surface area contributed by atoms with Crippen molar-refractivity contribution in [2.24, 2.45) is 11.1 Å². The van der Waals surface area contributed by atoms with Gasteiger partial charge in [-0.05, 0) is 0 Å². The maximum atomic E-state index is 13.6. The number of halogens is 2. The lowest BCUT2D eigenvalue weighted by molar-refractivity contribution is 0.165. The minimum absolute atomic E-state index is 0.107. The molecule has 0 rings (SSSR count). The quantitative estimate of drug-likeness (QED) is 0.800. The van der Waals surface area contributed by atoms with Gasteiger partial charge < -0.3 is 10.5 Å². The number of alkyl halides is 1. The molecule has 0 atom stereocenters. The number of hydrogen-bond donors (Lipinski definition) is 1. The van der Waals surface area contributed by atoms with Gasteiger partial charge in [-0.25, -0.2) is 9.18 Å². The molecule has 0 aliphatic carbocycles. The van der Waals surface area contributed by atoms with E-state index < -0.39 is 11.5 Å². The lowest BCUT2D eigenvalue weighted by atomic mass is 9.92. The number of nitrogens with two attached hydrogens (primary N) is 1. The molecule has 0 aromatic rings. The fourth-order valence-electron chi connectivity index (χ4n) is 0.849. The fourth-order valence-corrected chi connectivity index (χ4v) is 1.26. The van der Waals surface area contributed by atoms with Gasteiger partial charge in [0.15, 0.2) is 0 Å². The summed E-state index contributed by atoms with van der Waals surface area (Å²) in [5.41, 5.74) is 4.60. The Morgan fingerprint density at radius 3 is 2.29 bits per heavy atom. The Labute approximate surface area is 91.6 Å². The van der Waals surface area contributed by atoms with Gasteiger partial charge >= 0.3 is 6.09 Å². The molecule has 14 heavy (non-hydrogen) atoms. The van der Waals surface area contributed by atoms with E-state index in [9.17, 15) is 9.18 Å². The van der Waals surface area contributed by atoms with Crippen LogP contribution in [0.3, 0.4) is 0 Å². The van der Waals surface area contributed by atoms with Gasteiger partial charge in [0.25, 0.3) is 0 Å². The number of rotatable bonds is 3. The van der Waals surface area contributed by atoms with Crippen molar-refractivity contribution in [3.63, 3.8) is 0 Å². The maximum absolute atomic E-state index is 13.6. The monoisotopic (exact) mass is 267 g/mol. The Hall–Kier alpha value is -0.580. The zero-order chi connectivity index (χ0) is 11.4. The molecule has 0 heterocycles. The van der Waals surface area contributed by atoms with Crippen molar-refractivity contribution in [3.05, 3.63) is 11.4 Å². The summed E-state index contributed by atoms with van der Waals surface area (Å²) in [5, 5.41) is 0.323. The molecule has 0 unspecified atom stereocenters. The van der Waals surface area contributed by atoms with Crippen LogP contribution in [0.25, 0.3) is 0 Å². The average Bonchev–Trinajstić information content (AvgIpc) is 2.03. The van der Waals surface area contributed by atoms with Crippen LogP contribution in [-0.4, -0.2) is 18.0 Å². The van der Waals surface area contributed by atoms with Crippen molar-refractivity contribution < 1.29 is 13.9 Å². The molecule has 2 N–H and O–H groups in total. The van der Waals surface area contributed by atoms with Gasteiger partial charge in [0.2, 0.25) is 0 Å². The normalized spacial score (nSPS) is 13.5.